The second-order valence-corrected chi connectivity index (χ2v) is 25.3. The van der Waals surface area contributed by atoms with E-state index >= 15 is 0 Å². The first kappa shape index (κ1) is 77.6. The molecule has 0 aromatic rings. The summed E-state index contributed by atoms with van der Waals surface area (Å²) in [5.41, 5.74) is 0. The van der Waals surface area contributed by atoms with E-state index in [4.69, 9.17) is 4.74 Å². The fourth-order valence-corrected chi connectivity index (χ4v) is 11.8. The number of unbranched alkanes of at least 4 members (excludes halogenated alkanes) is 56. The van der Waals surface area contributed by atoms with E-state index in [-0.39, 0.29) is 18.5 Å². The molecular weight excluding hydrogens is 971 g/mol. The highest BCUT2D eigenvalue weighted by Crippen LogP contribution is 2.19. The Morgan fingerprint density at radius 3 is 0.899 bits per heavy atom. The molecule has 0 saturated heterocycles. The zero-order valence-electron chi connectivity index (χ0n) is 53.9. The number of hydrogen-bond donors (Lipinski definition) is 3. The van der Waals surface area contributed by atoms with Crippen LogP contribution in [0.2, 0.25) is 0 Å². The lowest BCUT2D eigenvalue weighted by Gasteiger charge is -2.22. The summed E-state index contributed by atoms with van der Waals surface area (Å²) in [4.78, 5) is 24.6. The first-order valence-corrected chi connectivity index (χ1v) is 36.4. The van der Waals surface area contributed by atoms with E-state index in [1.165, 1.54) is 347 Å². The zero-order chi connectivity index (χ0) is 57.1. The van der Waals surface area contributed by atoms with E-state index in [2.05, 4.69) is 31.3 Å². The van der Waals surface area contributed by atoms with Gasteiger partial charge in [-0.05, 0) is 51.4 Å². The van der Waals surface area contributed by atoms with Crippen LogP contribution in [0.1, 0.15) is 418 Å². The number of aliphatic hydroxyl groups is 2. The standard InChI is InChI=1S/C73H143NO5/c1-3-5-7-9-11-13-15-17-18-19-20-21-26-29-32-35-38-42-45-49-53-57-61-65-71(76)70(69-75)74-72(77)66-62-58-54-50-46-43-39-36-33-30-27-24-22-23-25-28-31-34-37-40-44-48-52-56-60-64-68-79-73(78)67-63-59-55-51-47-41-16-14-12-10-8-6-4-2/h22,24,70-71,75-76H,3-21,23,25-69H2,1-2H3,(H,74,77)/b24-22-. The Kier molecular flexibility index (Phi) is 67.9. The van der Waals surface area contributed by atoms with Crippen LogP contribution < -0.4 is 5.32 Å². The van der Waals surface area contributed by atoms with Crippen LogP contribution in [-0.4, -0.2) is 47.4 Å². The van der Waals surface area contributed by atoms with Gasteiger partial charge in [0.1, 0.15) is 0 Å². The van der Waals surface area contributed by atoms with Gasteiger partial charge in [0.15, 0.2) is 0 Å². The first-order chi connectivity index (χ1) is 39.0. The second kappa shape index (κ2) is 69.1. The second-order valence-electron chi connectivity index (χ2n) is 25.3. The van der Waals surface area contributed by atoms with Gasteiger partial charge in [0.05, 0.1) is 25.4 Å². The lowest BCUT2D eigenvalue weighted by Crippen LogP contribution is -2.45. The maximum Gasteiger partial charge on any atom is 0.305 e. The van der Waals surface area contributed by atoms with E-state index in [9.17, 15) is 19.8 Å². The molecule has 0 aromatic carbocycles. The van der Waals surface area contributed by atoms with Crippen LogP contribution >= 0.6 is 0 Å². The van der Waals surface area contributed by atoms with Crippen molar-refractivity contribution in [3.63, 3.8) is 0 Å². The van der Waals surface area contributed by atoms with Gasteiger partial charge in [0.2, 0.25) is 5.91 Å². The number of allylic oxidation sites excluding steroid dienone is 2. The smallest absolute Gasteiger partial charge is 0.305 e. The fraction of sp³-hybridized carbons (Fsp3) is 0.945. The van der Waals surface area contributed by atoms with Crippen LogP contribution in [0.3, 0.4) is 0 Å². The third kappa shape index (κ3) is 65.6. The van der Waals surface area contributed by atoms with Crippen LogP contribution in [0.25, 0.3) is 0 Å². The summed E-state index contributed by atoms with van der Waals surface area (Å²) in [6, 6.07) is -0.543. The van der Waals surface area contributed by atoms with Crippen molar-refractivity contribution in [1.82, 2.24) is 5.32 Å². The van der Waals surface area contributed by atoms with E-state index < -0.39 is 12.1 Å². The molecule has 0 radical (unpaired) electrons. The Balaban J connectivity index is 3.38. The monoisotopic (exact) mass is 1110 g/mol. The average molecular weight is 1110 g/mol. The predicted molar refractivity (Wildman–Crippen MR) is 347 cm³/mol. The van der Waals surface area contributed by atoms with Crippen LogP contribution in [0.15, 0.2) is 12.2 Å². The van der Waals surface area contributed by atoms with Gasteiger partial charge in [-0.2, -0.15) is 0 Å². The van der Waals surface area contributed by atoms with Crippen molar-refractivity contribution in [2.45, 2.75) is 431 Å². The summed E-state index contributed by atoms with van der Waals surface area (Å²) >= 11 is 0. The molecule has 2 unspecified atom stereocenters. The minimum atomic E-state index is -0.666. The maximum absolute atomic E-state index is 12.6. The van der Waals surface area contributed by atoms with E-state index in [0.29, 0.717) is 25.9 Å². The van der Waals surface area contributed by atoms with E-state index in [0.717, 1.165) is 38.5 Å². The molecule has 6 heteroatoms. The molecule has 0 spiro atoms. The van der Waals surface area contributed by atoms with Gasteiger partial charge >= 0.3 is 5.97 Å². The van der Waals surface area contributed by atoms with Crippen LogP contribution in [0, 0.1) is 0 Å². The number of amides is 1. The highest BCUT2D eigenvalue weighted by molar-refractivity contribution is 5.76. The molecule has 0 aromatic heterocycles. The maximum atomic E-state index is 12.6. The summed E-state index contributed by atoms with van der Waals surface area (Å²) in [6.45, 7) is 5.00. The molecule has 0 aliphatic rings. The average Bonchev–Trinajstić information content (AvgIpc) is 3.45. The van der Waals surface area contributed by atoms with Crippen LogP contribution in [0.4, 0.5) is 0 Å². The van der Waals surface area contributed by atoms with Crippen molar-refractivity contribution in [3.05, 3.63) is 12.2 Å². The van der Waals surface area contributed by atoms with Crippen molar-refractivity contribution in [2.75, 3.05) is 13.2 Å². The van der Waals surface area contributed by atoms with Crippen LogP contribution in [0.5, 0.6) is 0 Å². The summed E-state index contributed by atoms with van der Waals surface area (Å²) in [6.07, 6.45) is 85.5. The summed E-state index contributed by atoms with van der Waals surface area (Å²) < 4.78 is 5.49. The van der Waals surface area contributed by atoms with Gasteiger partial charge in [0, 0.05) is 12.8 Å². The Labute approximate surface area is 495 Å². The molecule has 0 fully saturated rings. The minimum Gasteiger partial charge on any atom is -0.466 e. The minimum absolute atomic E-state index is 0.0171. The van der Waals surface area contributed by atoms with Crippen LogP contribution in [-0.2, 0) is 14.3 Å². The van der Waals surface area contributed by atoms with Crippen molar-refractivity contribution in [2.24, 2.45) is 0 Å². The molecule has 0 aliphatic carbocycles. The molecule has 0 saturated carbocycles. The van der Waals surface area contributed by atoms with Gasteiger partial charge in [-0.15, -0.1) is 0 Å². The third-order valence-corrected chi connectivity index (χ3v) is 17.3. The van der Waals surface area contributed by atoms with Gasteiger partial charge < -0.3 is 20.3 Å². The third-order valence-electron chi connectivity index (χ3n) is 17.3. The Morgan fingerprint density at radius 2 is 0.595 bits per heavy atom. The molecule has 0 heterocycles. The molecule has 6 nitrogen and oxygen atoms in total. The molecule has 0 aliphatic heterocycles. The topological polar surface area (TPSA) is 95.9 Å². The molecular formula is C73H143NO5. The van der Waals surface area contributed by atoms with Crippen molar-refractivity contribution < 1.29 is 24.5 Å². The van der Waals surface area contributed by atoms with Gasteiger partial charge in [-0.25, -0.2) is 0 Å². The number of rotatable bonds is 69. The Bertz CT molecular complexity index is 1190. The SMILES string of the molecule is CCCCCCCCCCCCCCCCCCCCCCCCCC(O)C(CO)NC(=O)CCCCCCCCCCCC/C=C\CCCCCCCCCCCCCCOC(=O)CCCCCCCCCCCCCCC. The van der Waals surface area contributed by atoms with E-state index in [1.807, 2.05) is 0 Å². The molecule has 3 N–H and O–H groups in total. The number of ether oxygens (including phenoxy) is 1. The predicted octanol–water partition coefficient (Wildman–Crippen LogP) is 23.5. The van der Waals surface area contributed by atoms with Crippen molar-refractivity contribution in [1.29, 1.82) is 0 Å². The first-order valence-electron chi connectivity index (χ1n) is 36.4. The Hall–Kier alpha value is -1.40. The lowest BCUT2D eigenvalue weighted by molar-refractivity contribution is -0.143. The number of carbonyl (C=O) groups is 2. The fourth-order valence-electron chi connectivity index (χ4n) is 11.8. The normalized spacial score (nSPS) is 12.5. The largest absolute Gasteiger partial charge is 0.466 e. The number of hydrogen-bond acceptors (Lipinski definition) is 5. The summed E-state index contributed by atoms with van der Waals surface area (Å²) in [7, 11) is 0. The molecule has 79 heavy (non-hydrogen) atoms. The summed E-state index contributed by atoms with van der Waals surface area (Å²) in [5, 5.41) is 23.4. The number of aliphatic hydroxyl groups excluding tert-OH is 2. The highest BCUT2D eigenvalue weighted by Gasteiger charge is 2.20. The number of esters is 1. The number of nitrogens with one attached hydrogen (secondary N) is 1. The molecule has 470 valence electrons. The molecule has 0 bridgehead atoms. The molecule has 1 amide bonds. The number of carbonyl (C=O) groups excluding carboxylic acids is 2. The summed E-state index contributed by atoms with van der Waals surface area (Å²) in [5.74, 6) is -0.0144. The van der Waals surface area contributed by atoms with E-state index in [1.54, 1.807) is 0 Å². The van der Waals surface area contributed by atoms with Crippen molar-refractivity contribution in [3.8, 4) is 0 Å². The zero-order valence-corrected chi connectivity index (χ0v) is 53.9. The van der Waals surface area contributed by atoms with Gasteiger partial charge in [-0.3, -0.25) is 9.59 Å². The van der Waals surface area contributed by atoms with Gasteiger partial charge in [-0.1, -0.05) is 366 Å². The highest BCUT2D eigenvalue weighted by atomic mass is 16.5. The van der Waals surface area contributed by atoms with Crippen molar-refractivity contribution >= 4 is 11.9 Å². The molecule has 0 rings (SSSR count). The quantitative estimate of drug-likeness (QED) is 0.0320. The van der Waals surface area contributed by atoms with Gasteiger partial charge in [0.25, 0.3) is 0 Å². The molecule has 2 atom stereocenters. The Morgan fingerprint density at radius 1 is 0.342 bits per heavy atom. The lowest BCUT2D eigenvalue weighted by atomic mass is 10.0.